The fourth-order valence-corrected chi connectivity index (χ4v) is 1.88. The van der Waals surface area contributed by atoms with Crippen molar-refractivity contribution >= 4 is 21.9 Å². The van der Waals surface area contributed by atoms with Crippen LogP contribution in [-0.4, -0.2) is 9.97 Å². The summed E-state index contributed by atoms with van der Waals surface area (Å²) in [5.74, 6) is -0.402. The molecule has 0 saturated heterocycles. The smallest absolute Gasteiger partial charge is 0.368 e. The summed E-state index contributed by atoms with van der Waals surface area (Å²) in [5, 5.41) is 0. The van der Waals surface area contributed by atoms with Gasteiger partial charge in [0.15, 0.2) is 5.69 Å². The Balaban J connectivity index is 2.64. The van der Waals surface area contributed by atoms with Crippen LogP contribution in [0.3, 0.4) is 0 Å². The van der Waals surface area contributed by atoms with E-state index in [0.717, 1.165) is 6.20 Å². The largest absolute Gasteiger partial charge is 0.434 e. The van der Waals surface area contributed by atoms with Crippen LogP contribution in [0.4, 0.5) is 19.1 Å². The number of rotatable bonds is 1. The number of alkyl halides is 3. The van der Waals surface area contributed by atoms with Gasteiger partial charge in [0.2, 0.25) is 5.95 Å². The second-order valence-corrected chi connectivity index (χ2v) is 4.41. The normalized spacial score (nSPS) is 11.6. The molecule has 18 heavy (non-hydrogen) atoms. The van der Waals surface area contributed by atoms with E-state index in [9.17, 15) is 13.2 Å². The Hall–Kier alpha value is -1.63. The van der Waals surface area contributed by atoms with Crippen molar-refractivity contribution in [2.75, 3.05) is 5.73 Å². The Morgan fingerprint density at radius 3 is 2.56 bits per heavy atom. The first-order valence-electron chi connectivity index (χ1n) is 4.83. The molecule has 1 heterocycles. The Labute approximate surface area is 109 Å². The molecule has 0 unspecified atom stereocenters. The molecule has 0 aliphatic heterocycles. The average molecular weight is 318 g/mol. The van der Waals surface area contributed by atoms with Crippen LogP contribution >= 0.6 is 15.9 Å². The van der Waals surface area contributed by atoms with E-state index in [1.54, 1.807) is 24.3 Å². The van der Waals surface area contributed by atoms with Crippen LogP contribution in [0.25, 0.3) is 11.1 Å². The first-order chi connectivity index (χ1) is 8.38. The minimum absolute atomic E-state index is 0.0991. The van der Waals surface area contributed by atoms with Crippen molar-refractivity contribution in [3.8, 4) is 11.1 Å². The minimum Gasteiger partial charge on any atom is -0.368 e. The number of nitrogen functional groups attached to an aromatic ring is 1. The van der Waals surface area contributed by atoms with Crippen LogP contribution < -0.4 is 5.73 Å². The van der Waals surface area contributed by atoms with Crippen LogP contribution in [-0.2, 0) is 6.18 Å². The van der Waals surface area contributed by atoms with Crippen molar-refractivity contribution in [2.45, 2.75) is 6.18 Å². The van der Waals surface area contributed by atoms with Gasteiger partial charge in [0.25, 0.3) is 0 Å². The number of aromatic nitrogens is 2. The summed E-state index contributed by atoms with van der Waals surface area (Å²) in [6.07, 6.45) is -3.50. The summed E-state index contributed by atoms with van der Waals surface area (Å²) in [6.45, 7) is 0. The van der Waals surface area contributed by atoms with Crippen LogP contribution in [0.1, 0.15) is 5.69 Å². The molecule has 7 heteroatoms. The number of nitrogens with two attached hydrogens (primary N) is 1. The van der Waals surface area contributed by atoms with Gasteiger partial charge in [-0.05, 0) is 17.7 Å². The highest BCUT2D eigenvalue weighted by molar-refractivity contribution is 9.10. The van der Waals surface area contributed by atoms with Crippen LogP contribution in [0.15, 0.2) is 34.9 Å². The highest BCUT2D eigenvalue weighted by Gasteiger charge is 2.36. The number of hydrogen-bond acceptors (Lipinski definition) is 3. The topological polar surface area (TPSA) is 51.8 Å². The highest BCUT2D eigenvalue weighted by atomic mass is 79.9. The molecule has 94 valence electrons. The van der Waals surface area contributed by atoms with Gasteiger partial charge in [-0.15, -0.1) is 0 Å². The SMILES string of the molecule is Nc1ncc(-c2cccc(Br)c2)c(C(F)(F)F)n1. The Bertz CT molecular complexity index is 584. The van der Waals surface area contributed by atoms with E-state index in [-0.39, 0.29) is 5.56 Å². The second kappa shape index (κ2) is 4.56. The maximum absolute atomic E-state index is 12.9. The van der Waals surface area contributed by atoms with Crippen LogP contribution in [0.5, 0.6) is 0 Å². The summed E-state index contributed by atoms with van der Waals surface area (Å²) in [4.78, 5) is 6.89. The van der Waals surface area contributed by atoms with Crippen molar-refractivity contribution < 1.29 is 13.2 Å². The van der Waals surface area contributed by atoms with Gasteiger partial charge < -0.3 is 5.73 Å². The average Bonchev–Trinajstić information content (AvgIpc) is 2.27. The van der Waals surface area contributed by atoms with Crippen molar-refractivity contribution in [3.05, 3.63) is 40.6 Å². The molecule has 0 spiro atoms. The van der Waals surface area contributed by atoms with E-state index < -0.39 is 17.8 Å². The van der Waals surface area contributed by atoms with Crippen molar-refractivity contribution in [1.29, 1.82) is 0 Å². The molecule has 0 radical (unpaired) electrons. The summed E-state index contributed by atoms with van der Waals surface area (Å²) < 4.78 is 39.2. The zero-order valence-electron chi connectivity index (χ0n) is 8.87. The van der Waals surface area contributed by atoms with Gasteiger partial charge in [0, 0.05) is 16.2 Å². The predicted octanol–water partition coefficient (Wildman–Crippen LogP) is 3.51. The molecule has 0 fully saturated rings. The third kappa shape index (κ3) is 2.61. The molecule has 0 atom stereocenters. The maximum atomic E-state index is 12.9. The first kappa shape index (κ1) is 12.8. The lowest BCUT2D eigenvalue weighted by atomic mass is 10.1. The lowest BCUT2D eigenvalue weighted by Crippen LogP contribution is -2.12. The number of hydrogen-bond donors (Lipinski definition) is 1. The molecule has 1 aromatic carbocycles. The number of benzene rings is 1. The molecule has 0 aliphatic carbocycles. The summed E-state index contributed by atoms with van der Waals surface area (Å²) >= 11 is 3.20. The molecule has 0 aliphatic rings. The van der Waals surface area contributed by atoms with Gasteiger partial charge in [-0.1, -0.05) is 28.1 Å². The molecular weight excluding hydrogens is 311 g/mol. The maximum Gasteiger partial charge on any atom is 0.434 e. The summed E-state index contributed by atoms with van der Waals surface area (Å²) in [5.41, 5.74) is 4.44. The Kier molecular flexibility index (Phi) is 3.25. The quantitative estimate of drug-likeness (QED) is 0.875. The summed E-state index contributed by atoms with van der Waals surface area (Å²) in [7, 11) is 0. The fraction of sp³-hybridized carbons (Fsp3) is 0.0909. The van der Waals surface area contributed by atoms with E-state index >= 15 is 0 Å². The Morgan fingerprint density at radius 1 is 1.22 bits per heavy atom. The lowest BCUT2D eigenvalue weighted by molar-refractivity contribution is -0.140. The molecule has 2 rings (SSSR count). The Morgan fingerprint density at radius 2 is 1.94 bits per heavy atom. The van der Waals surface area contributed by atoms with Crippen molar-refractivity contribution in [2.24, 2.45) is 0 Å². The third-order valence-corrected chi connectivity index (χ3v) is 2.70. The molecule has 0 amide bonds. The monoisotopic (exact) mass is 317 g/mol. The molecule has 2 N–H and O–H groups in total. The van der Waals surface area contributed by atoms with Gasteiger partial charge in [-0.25, -0.2) is 9.97 Å². The fourth-order valence-electron chi connectivity index (χ4n) is 1.48. The van der Waals surface area contributed by atoms with E-state index in [2.05, 4.69) is 25.9 Å². The zero-order valence-corrected chi connectivity index (χ0v) is 10.5. The van der Waals surface area contributed by atoms with E-state index in [1.807, 2.05) is 0 Å². The van der Waals surface area contributed by atoms with Gasteiger partial charge in [0.1, 0.15) is 0 Å². The number of nitrogens with zero attached hydrogens (tertiary/aromatic N) is 2. The van der Waals surface area contributed by atoms with E-state index in [4.69, 9.17) is 5.73 Å². The molecule has 1 aromatic heterocycles. The number of halogens is 4. The van der Waals surface area contributed by atoms with E-state index in [0.29, 0.717) is 10.0 Å². The van der Waals surface area contributed by atoms with Gasteiger partial charge in [-0.2, -0.15) is 13.2 Å². The third-order valence-electron chi connectivity index (χ3n) is 2.21. The molecular formula is C11H7BrF3N3. The van der Waals surface area contributed by atoms with Gasteiger partial charge >= 0.3 is 6.18 Å². The number of anilines is 1. The van der Waals surface area contributed by atoms with E-state index in [1.165, 1.54) is 0 Å². The van der Waals surface area contributed by atoms with Crippen molar-refractivity contribution in [1.82, 2.24) is 9.97 Å². The van der Waals surface area contributed by atoms with Gasteiger partial charge in [0.05, 0.1) is 0 Å². The zero-order chi connectivity index (χ0) is 13.3. The first-order valence-corrected chi connectivity index (χ1v) is 5.63. The predicted molar refractivity (Wildman–Crippen MR) is 64.6 cm³/mol. The summed E-state index contributed by atoms with van der Waals surface area (Å²) in [6, 6.07) is 6.46. The molecule has 0 saturated carbocycles. The van der Waals surface area contributed by atoms with Gasteiger partial charge in [-0.3, -0.25) is 0 Å². The lowest BCUT2D eigenvalue weighted by Gasteiger charge is -2.12. The molecule has 2 aromatic rings. The van der Waals surface area contributed by atoms with Crippen LogP contribution in [0, 0.1) is 0 Å². The van der Waals surface area contributed by atoms with Crippen molar-refractivity contribution in [3.63, 3.8) is 0 Å². The minimum atomic E-state index is -4.57. The highest BCUT2D eigenvalue weighted by Crippen LogP contribution is 2.36. The molecule has 3 nitrogen and oxygen atoms in total. The standard InChI is InChI=1S/C11H7BrF3N3/c12-7-3-1-2-6(4-7)8-5-17-10(16)18-9(8)11(13,14)15/h1-5H,(H2,16,17,18). The second-order valence-electron chi connectivity index (χ2n) is 3.50. The van der Waals surface area contributed by atoms with Crippen LogP contribution in [0.2, 0.25) is 0 Å². The molecule has 0 bridgehead atoms.